The van der Waals surface area contributed by atoms with E-state index in [2.05, 4.69) is 11.8 Å². The van der Waals surface area contributed by atoms with E-state index < -0.39 is 0 Å². The fraction of sp³-hybridized carbons (Fsp3) is 0.700. The molecular formula is C10H17NO. The zero-order valence-electron chi connectivity index (χ0n) is 8.11. The molecule has 0 atom stereocenters. The lowest BCUT2D eigenvalue weighted by molar-refractivity contribution is -0.119. The van der Waals surface area contributed by atoms with E-state index in [4.69, 9.17) is 5.73 Å². The molecule has 0 aromatic rings. The van der Waals surface area contributed by atoms with Gasteiger partial charge in [-0.25, -0.2) is 0 Å². The third kappa shape index (κ3) is 7.30. The van der Waals surface area contributed by atoms with Crippen LogP contribution in [0.2, 0.25) is 0 Å². The summed E-state index contributed by atoms with van der Waals surface area (Å²) in [7, 11) is 0. The predicted octanol–water partition coefficient (Wildman–Crippen LogP) is 1.49. The van der Waals surface area contributed by atoms with Gasteiger partial charge in [0.25, 0.3) is 0 Å². The molecule has 0 saturated carbocycles. The first-order valence-corrected chi connectivity index (χ1v) is 4.16. The average molecular weight is 167 g/mol. The van der Waals surface area contributed by atoms with Gasteiger partial charge in [0.2, 0.25) is 0 Å². The van der Waals surface area contributed by atoms with E-state index in [1.54, 1.807) is 6.92 Å². The molecule has 0 aromatic carbocycles. The quantitative estimate of drug-likeness (QED) is 0.644. The summed E-state index contributed by atoms with van der Waals surface area (Å²) in [5.41, 5.74) is 5.31. The highest BCUT2D eigenvalue weighted by Crippen LogP contribution is 2.06. The van der Waals surface area contributed by atoms with E-state index in [1.807, 2.05) is 13.8 Å². The van der Waals surface area contributed by atoms with Crippen molar-refractivity contribution in [3.63, 3.8) is 0 Å². The molecule has 0 rings (SSSR count). The van der Waals surface area contributed by atoms with E-state index in [0.29, 0.717) is 19.3 Å². The van der Waals surface area contributed by atoms with Gasteiger partial charge < -0.3 is 5.73 Å². The number of Topliss-reactive ketones (excluding diaryl/α,β-unsaturated/α-hetero) is 1. The lowest BCUT2D eigenvalue weighted by Gasteiger charge is -2.16. The second-order valence-corrected chi connectivity index (χ2v) is 3.63. The summed E-state index contributed by atoms with van der Waals surface area (Å²) in [5.74, 6) is 5.80. The first-order chi connectivity index (χ1) is 5.45. The van der Waals surface area contributed by atoms with Crippen LogP contribution in [0.3, 0.4) is 0 Å². The number of nitrogens with two attached hydrogens (primary N) is 1. The van der Waals surface area contributed by atoms with Gasteiger partial charge in [-0.3, -0.25) is 4.79 Å². The minimum atomic E-state index is -0.378. The molecule has 0 aliphatic rings. The van der Waals surface area contributed by atoms with Crippen molar-refractivity contribution in [1.29, 1.82) is 0 Å². The lowest BCUT2D eigenvalue weighted by Crippen LogP contribution is -2.34. The highest BCUT2D eigenvalue weighted by atomic mass is 16.1. The topological polar surface area (TPSA) is 43.1 Å². The van der Waals surface area contributed by atoms with Crippen LogP contribution in [0.1, 0.15) is 40.0 Å². The van der Waals surface area contributed by atoms with Gasteiger partial charge in [-0.1, -0.05) is 0 Å². The van der Waals surface area contributed by atoms with Gasteiger partial charge in [0.1, 0.15) is 5.78 Å². The van der Waals surface area contributed by atoms with Gasteiger partial charge in [0.15, 0.2) is 0 Å². The molecule has 2 heteroatoms. The number of carbonyl (C=O) groups excluding carboxylic acids is 1. The number of ketones is 1. The largest absolute Gasteiger partial charge is 0.325 e. The van der Waals surface area contributed by atoms with Crippen LogP contribution in [0.25, 0.3) is 0 Å². The molecule has 0 spiro atoms. The van der Waals surface area contributed by atoms with Gasteiger partial charge in [0, 0.05) is 24.8 Å². The Kier molecular flexibility index (Phi) is 4.61. The number of rotatable bonds is 4. The van der Waals surface area contributed by atoms with E-state index in [-0.39, 0.29) is 11.3 Å². The first kappa shape index (κ1) is 11.2. The van der Waals surface area contributed by atoms with Crippen molar-refractivity contribution in [3.8, 4) is 11.8 Å². The Morgan fingerprint density at radius 1 is 1.50 bits per heavy atom. The molecule has 0 saturated heterocycles. The minimum absolute atomic E-state index is 0.199. The summed E-state index contributed by atoms with van der Waals surface area (Å²) >= 11 is 0. The summed E-state index contributed by atoms with van der Waals surface area (Å²) in [6.45, 7) is 5.49. The predicted molar refractivity (Wildman–Crippen MR) is 50.6 cm³/mol. The number of hydrogen-bond acceptors (Lipinski definition) is 2. The fourth-order valence-corrected chi connectivity index (χ4v) is 0.923. The fourth-order valence-electron chi connectivity index (χ4n) is 0.923. The molecule has 12 heavy (non-hydrogen) atoms. The number of hydrogen-bond donors (Lipinski definition) is 1. The Morgan fingerprint density at radius 2 is 2.08 bits per heavy atom. The van der Waals surface area contributed by atoms with E-state index in [9.17, 15) is 4.79 Å². The molecule has 0 aliphatic heterocycles. The van der Waals surface area contributed by atoms with E-state index in [1.165, 1.54) is 0 Å². The Labute approximate surface area is 74.5 Å². The highest BCUT2D eigenvalue weighted by Gasteiger charge is 2.15. The molecule has 0 fully saturated rings. The molecule has 2 nitrogen and oxygen atoms in total. The summed E-state index contributed by atoms with van der Waals surface area (Å²) in [5, 5.41) is 0. The zero-order chi connectivity index (χ0) is 9.61. The van der Waals surface area contributed by atoms with Crippen LogP contribution < -0.4 is 5.73 Å². The van der Waals surface area contributed by atoms with Crippen LogP contribution in [0, 0.1) is 11.8 Å². The van der Waals surface area contributed by atoms with Crippen molar-refractivity contribution < 1.29 is 4.79 Å². The normalized spacial score (nSPS) is 10.3. The first-order valence-electron chi connectivity index (χ1n) is 4.16. The smallest absolute Gasteiger partial charge is 0.135 e. The number of carbonyl (C=O) groups is 1. The molecule has 68 valence electrons. The molecule has 0 aromatic heterocycles. The third-order valence-electron chi connectivity index (χ3n) is 1.36. The second kappa shape index (κ2) is 4.95. The molecule has 0 unspecified atom stereocenters. The highest BCUT2D eigenvalue weighted by molar-refractivity contribution is 5.79. The van der Waals surface area contributed by atoms with Crippen LogP contribution in [0.15, 0.2) is 0 Å². The second-order valence-electron chi connectivity index (χ2n) is 3.63. The molecule has 0 radical (unpaired) electrons. The van der Waals surface area contributed by atoms with E-state index >= 15 is 0 Å². The van der Waals surface area contributed by atoms with Gasteiger partial charge in [-0.2, -0.15) is 0 Å². The van der Waals surface area contributed by atoms with Gasteiger partial charge >= 0.3 is 0 Å². The molecule has 0 bridgehead atoms. The van der Waals surface area contributed by atoms with Crippen LogP contribution in [0.5, 0.6) is 0 Å². The van der Waals surface area contributed by atoms with Gasteiger partial charge in [-0.05, 0) is 20.8 Å². The van der Waals surface area contributed by atoms with Crippen molar-refractivity contribution in [2.45, 2.75) is 45.6 Å². The SMILES string of the molecule is CC#CCCC(=O)CC(C)(C)N. The van der Waals surface area contributed by atoms with Crippen molar-refractivity contribution in [2.24, 2.45) is 5.73 Å². The van der Waals surface area contributed by atoms with Crippen molar-refractivity contribution in [2.75, 3.05) is 0 Å². The monoisotopic (exact) mass is 167 g/mol. The van der Waals surface area contributed by atoms with Crippen LogP contribution in [-0.4, -0.2) is 11.3 Å². The van der Waals surface area contributed by atoms with Crippen LogP contribution in [0.4, 0.5) is 0 Å². The van der Waals surface area contributed by atoms with Gasteiger partial charge in [-0.15, -0.1) is 11.8 Å². The maximum Gasteiger partial charge on any atom is 0.135 e. The molecule has 0 aliphatic carbocycles. The Morgan fingerprint density at radius 3 is 2.50 bits per heavy atom. The Balaban J connectivity index is 3.66. The molecular weight excluding hydrogens is 150 g/mol. The standard InChI is InChI=1S/C10H17NO/c1-4-5-6-7-9(12)8-10(2,3)11/h6-8,11H2,1-3H3. The zero-order valence-corrected chi connectivity index (χ0v) is 8.11. The average Bonchev–Trinajstić information content (AvgIpc) is 1.84. The third-order valence-corrected chi connectivity index (χ3v) is 1.36. The van der Waals surface area contributed by atoms with Gasteiger partial charge in [0.05, 0.1) is 0 Å². The lowest BCUT2D eigenvalue weighted by atomic mass is 9.97. The van der Waals surface area contributed by atoms with E-state index in [0.717, 1.165) is 0 Å². The van der Waals surface area contributed by atoms with Crippen LogP contribution in [-0.2, 0) is 4.79 Å². The summed E-state index contributed by atoms with van der Waals surface area (Å²) in [6.07, 6.45) is 1.63. The molecule has 0 heterocycles. The summed E-state index contributed by atoms with van der Waals surface area (Å²) in [6, 6.07) is 0. The maximum atomic E-state index is 11.2. The minimum Gasteiger partial charge on any atom is -0.325 e. The van der Waals surface area contributed by atoms with Crippen molar-refractivity contribution >= 4 is 5.78 Å². The molecule has 2 N–H and O–H groups in total. The summed E-state index contributed by atoms with van der Waals surface area (Å²) < 4.78 is 0. The maximum absolute atomic E-state index is 11.2. The Bertz CT molecular complexity index is 202. The van der Waals surface area contributed by atoms with Crippen LogP contribution >= 0.6 is 0 Å². The molecule has 0 amide bonds. The van der Waals surface area contributed by atoms with Crippen molar-refractivity contribution in [3.05, 3.63) is 0 Å². The summed E-state index contributed by atoms with van der Waals surface area (Å²) in [4.78, 5) is 11.2. The Hall–Kier alpha value is -0.810. The van der Waals surface area contributed by atoms with Crippen molar-refractivity contribution in [1.82, 2.24) is 0 Å².